The van der Waals surface area contributed by atoms with Crippen molar-refractivity contribution in [3.63, 3.8) is 0 Å². The number of esters is 1. The summed E-state index contributed by atoms with van der Waals surface area (Å²) in [7, 11) is 0. The molecule has 0 fully saturated rings. The minimum absolute atomic E-state index is 0.296. The summed E-state index contributed by atoms with van der Waals surface area (Å²) in [6.45, 7) is 5.48. The van der Waals surface area contributed by atoms with Crippen LogP contribution in [0.5, 0.6) is 0 Å². The SMILES string of the molecule is CCCCCCCCC=CCCCCCCCCNc1cccc(C=CC(=O)OCC)c1. The smallest absolute Gasteiger partial charge is 0.330 e. The normalized spacial score (nSPS) is 11.4. The lowest BCUT2D eigenvalue weighted by atomic mass is 10.1. The van der Waals surface area contributed by atoms with Gasteiger partial charge in [0, 0.05) is 18.3 Å². The first-order valence-electron chi connectivity index (χ1n) is 13.1. The fourth-order valence-electron chi connectivity index (χ4n) is 3.71. The van der Waals surface area contributed by atoms with Crippen LogP contribution >= 0.6 is 0 Å². The van der Waals surface area contributed by atoms with Crippen LogP contribution in [0.15, 0.2) is 42.5 Å². The zero-order valence-corrected chi connectivity index (χ0v) is 20.7. The quantitative estimate of drug-likeness (QED) is 0.0951. The summed E-state index contributed by atoms with van der Waals surface area (Å²) in [5.41, 5.74) is 2.10. The number of carbonyl (C=O) groups is 1. The van der Waals surface area contributed by atoms with Gasteiger partial charge < -0.3 is 10.1 Å². The van der Waals surface area contributed by atoms with Crippen molar-refractivity contribution >= 4 is 17.7 Å². The van der Waals surface area contributed by atoms with Gasteiger partial charge in [0.2, 0.25) is 0 Å². The molecule has 0 spiro atoms. The molecule has 0 unspecified atom stereocenters. The third kappa shape index (κ3) is 16.6. The van der Waals surface area contributed by atoms with Crippen molar-refractivity contribution < 1.29 is 9.53 Å². The van der Waals surface area contributed by atoms with E-state index in [9.17, 15) is 4.79 Å². The molecule has 1 aromatic rings. The second-order valence-corrected chi connectivity index (χ2v) is 8.58. The van der Waals surface area contributed by atoms with Gasteiger partial charge in [-0.25, -0.2) is 4.79 Å². The molecule has 0 atom stereocenters. The van der Waals surface area contributed by atoms with E-state index in [1.807, 2.05) is 19.1 Å². The molecular weight excluding hydrogens is 394 g/mol. The highest BCUT2D eigenvalue weighted by atomic mass is 16.5. The van der Waals surface area contributed by atoms with Gasteiger partial charge >= 0.3 is 5.97 Å². The van der Waals surface area contributed by atoms with E-state index in [4.69, 9.17) is 4.74 Å². The van der Waals surface area contributed by atoms with Gasteiger partial charge in [0.25, 0.3) is 0 Å². The fourth-order valence-corrected chi connectivity index (χ4v) is 3.71. The minimum atomic E-state index is -0.296. The van der Waals surface area contributed by atoms with Crippen LogP contribution in [0.25, 0.3) is 6.08 Å². The van der Waals surface area contributed by atoms with Gasteiger partial charge in [0.15, 0.2) is 0 Å². The number of carbonyl (C=O) groups excluding carboxylic acids is 1. The maximum Gasteiger partial charge on any atom is 0.330 e. The Hall–Kier alpha value is -2.03. The molecule has 3 heteroatoms. The number of hydrogen-bond donors (Lipinski definition) is 1. The third-order valence-electron chi connectivity index (χ3n) is 5.60. The zero-order chi connectivity index (χ0) is 23.1. The number of ether oxygens (including phenoxy) is 1. The second kappa shape index (κ2) is 20.8. The molecule has 0 saturated heterocycles. The van der Waals surface area contributed by atoms with Gasteiger partial charge in [-0.1, -0.05) is 89.0 Å². The number of nitrogens with one attached hydrogen (secondary N) is 1. The molecule has 0 aliphatic rings. The van der Waals surface area contributed by atoms with Crippen LogP contribution in [0.3, 0.4) is 0 Å². The van der Waals surface area contributed by atoms with E-state index in [-0.39, 0.29) is 5.97 Å². The standard InChI is InChI=1S/C29H47NO2/c1-3-5-6-7-8-9-10-11-12-13-14-15-16-17-18-19-25-30-28-22-20-21-27(26-28)23-24-29(31)32-4-2/h11-12,20-24,26,30H,3-10,13-19,25H2,1-2H3. The van der Waals surface area contributed by atoms with E-state index in [1.165, 1.54) is 96.0 Å². The predicted molar refractivity (Wildman–Crippen MR) is 140 cm³/mol. The first-order chi connectivity index (χ1) is 15.8. The summed E-state index contributed by atoms with van der Waals surface area (Å²) in [6.07, 6.45) is 26.7. The van der Waals surface area contributed by atoms with Gasteiger partial charge in [0.05, 0.1) is 6.61 Å². The van der Waals surface area contributed by atoms with E-state index >= 15 is 0 Å². The second-order valence-electron chi connectivity index (χ2n) is 8.58. The summed E-state index contributed by atoms with van der Waals surface area (Å²) in [4.78, 5) is 11.4. The van der Waals surface area contributed by atoms with E-state index in [0.29, 0.717) is 6.61 Å². The molecule has 0 aromatic heterocycles. The maximum atomic E-state index is 11.4. The molecule has 0 heterocycles. The van der Waals surface area contributed by atoms with Crippen molar-refractivity contribution in [1.29, 1.82) is 0 Å². The lowest BCUT2D eigenvalue weighted by Crippen LogP contribution is -2.01. The zero-order valence-electron chi connectivity index (χ0n) is 20.7. The van der Waals surface area contributed by atoms with Gasteiger partial charge in [-0.3, -0.25) is 0 Å². The molecule has 0 aliphatic carbocycles. The Balaban J connectivity index is 1.96. The molecular formula is C29H47NO2. The highest BCUT2D eigenvalue weighted by Gasteiger charge is 1.97. The number of anilines is 1. The molecule has 0 saturated carbocycles. The van der Waals surface area contributed by atoms with Gasteiger partial charge in [0.1, 0.15) is 0 Å². The van der Waals surface area contributed by atoms with E-state index in [2.05, 4.69) is 36.5 Å². The molecule has 0 amide bonds. The van der Waals surface area contributed by atoms with Gasteiger partial charge in [-0.05, 0) is 62.8 Å². The lowest BCUT2D eigenvalue weighted by Gasteiger charge is -2.07. The van der Waals surface area contributed by atoms with Crippen molar-refractivity contribution in [3.05, 3.63) is 48.1 Å². The van der Waals surface area contributed by atoms with Gasteiger partial charge in [-0.2, -0.15) is 0 Å². The molecule has 1 N–H and O–H groups in total. The van der Waals surface area contributed by atoms with E-state index in [0.717, 1.165) is 17.8 Å². The van der Waals surface area contributed by atoms with Crippen LogP contribution in [0.1, 0.15) is 109 Å². The Morgan fingerprint density at radius 3 is 2.12 bits per heavy atom. The van der Waals surface area contributed by atoms with Crippen molar-refractivity contribution in [1.82, 2.24) is 0 Å². The maximum absolute atomic E-state index is 11.4. The summed E-state index contributed by atoms with van der Waals surface area (Å²) in [5.74, 6) is -0.296. The Morgan fingerprint density at radius 2 is 1.47 bits per heavy atom. The first kappa shape index (κ1) is 28.0. The molecule has 1 aromatic carbocycles. The van der Waals surface area contributed by atoms with Crippen LogP contribution in [-0.4, -0.2) is 19.1 Å². The van der Waals surface area contributed by atoms with Gasteiger partial charge in [-0.15, -0.1) is 0 Å². The van der Waals surface area contributed by atoms with E-state index in [1.54, 1.807) is 6.08 Å². The van der Waals surface area contributed by atoms with E-state index < -0.39 is 0 Å². The van der Waals surface area contributed by atoms with Crippen molar-refractivity contribution in [3.8, 4) is 0 Å². The molecule has 32 heavy (non-hydrogen) atoms. The van der Waals surface area contributed by atoms with Crippen LogP contribution in [0, 0.1) is 0 Å². The third-order valence-corrected chi connectivity index (χ3v) is 5.60. The number of allylic oxidation sites excluding steroid dienone is 2. The molecule has 0 aliphatic heterocycles. The largest absolute Gasteiger partial charge is 0.463 e. The lowest BCUT2D eigenvalue weighted by molar-refractivity contribution is -0.137. The van der Waals surface area contributed by atoms with Crippen molar-refractivity contribution in [2.75, 3.05) is 18.5 Å². The van der Waals surface area contributed by atoms with Crippen LogP contribution in [0.4, 0.5) is 5.69 Å². The Bertz CT molecular complexity index is 636. The Kier molecular flexibility index (Phi) is 18.2. The predicted octanol–water partition coefficient (Wildman–Crippen LogP) is 8.71. The Morgan fingerprint density at radius 1 is 0.844 bits per heavy atom. The monoisotopic (exact) mass is 441 g/mol. The summed E-state index contributed by atoms with van der Waals surface area (Å²) >= 11 is 0. The van der Waals surface area contributed by atoms with Crippen LogP contribution in [-0.2, 0) is 9.53 Å². The van der Waals surface area contributed by atoms with Crippen molar-refractivity contribution in [2.24, 2.45) is 0 Å². The van der Waals surface area contributed by atoms with Crippen LogP contribution in [0.2, 0.25) is 0 Å². The molecule has 1 rings (SSSR count). The molecule has 3 nitrogen and oxygen atoms in total. The minimum Gasteiger partial charge on any atom is -0.463 e. The summed E-state index contributed by atoms with van der Waals surface area (Å²) in [6, 6.07) is 8.14. The highest BCUT2D eigenvalue weighted by molar-refractivity contribution is 5.87. The number of benzene rings is 1. The first-order valence-corrected chi connectivity index (χ1v) is 13.1. The topological polar surface area (TPSA) is 38.3 Å². The molecule has 0 radical (unpaired) electrons. The highest BCUT2D eigenvalue weighted by Crippen LogP contribution is 2.13. The van der Waals surface area contributed by atoms with Crippen LogP contribution < -0.4 is 5.32 Å². The average Bonchev–Trinajstić information content (AvgIpc) is 2.80. The number of unbranched alkanes of at least 4 members (excludes halogenated alkanes) is 12. The summed E-state index contributed by atoms with van der Waals surface area (Å²) in [5, 5.41) is 3.49. The summed E-state index contributed by atoms with van der Waals surface area (Å²) < 4.78 is 4.92. The Labute approximate surface area is 197 Å². The number of hydrogen-bond acceptors (Lipinski definition) is 3. The molecule has 0 bridgehead atoms. The van der Waals surface area contributed by atoms with Crippen molar-refractivity contribution in [2.45, 2.75) is 104 Å². The molecule has 180 valence electrons. The average molecular weight is 442 g/mol. The number of rotatable bonds is 20. The fraction of sp³-hybridized carbons (Fsp3) is 0.621.